The van der Waals surface area contributed by atoms with Gasteiger partial charge in [-0.1, -0.05) is 23.7 Å². The van der Waals surface area contributed by atoms with E-state index in [1.807, 2.05) is 19.1 Å². The Bertz CT molecular complexity index is 684. The second kappa shape index (κ2) is 7.65. The lowest BCUT2D eigenvalue weighted by Crippen LogP contribution is -2.31. The standard InChI is InChI=1S/C17H18ClN3O2/c1-11(13-3-5-14(18)6-4-13)19-17(23)21-16-9-7-15(8-10-16)20-12(2)22/h3-11H,1-2H3,(H,20,22)(H2,19,21,23)/t11-/m0/s1. The van der Waals surface area contributed by atoms with Gasteiger partial charge in [-0.2, -0.15) is 0 Å². The number of rotatable bonds is 4. The number of halogens is 1. The van der Waals surface area contributed by atoms with Gasteiger partial charge < -0.3 is 16.0 Å². The second-order valence-electron chi connectivity index (χ2n) is 5.13. The Morgan fingerprint density at radius 1 is 0.913 bits per heavy atom. The predicted octanol–water partition coefficient (Wildman–Crippen LogP) is 4.18. The van der Waals surface area contributed by atoms with Gasteiger partial charge in [0.2, 0.25) is 5.91 Å². The van der Waals surface area contributed by atoms with Crippen molar-refractivity contribution in [1.82, 2.24) is 5.32 Å². The summed E-state index contributed by atoms with van der Waals surface area (Å²) in [5, 5.41) is 8.92. The number of hydrogen-bond acceptors (Lipinski definition) is 2. The maximum atomic E-state index is 12.0. The minimum Gasteiger partial charge on any atom is -0.331 e. The summed E-state index contributed by atoms with van der Waals surface area (Å²) in [4.78, 5) is 23.0. The second-order valence-corrected chi connectivity index (χ2v) is 5.57. The molecule has 0 saturated carbocycles. The smallest absolute Gasteiger partial charge is 0.319 e. The van der Waals surface area contributed by atoms with Gasteiger partial charge in [0.1, 0.15) is 0 Å². The number of benzene rings is 2. The molecule has 3 N–H and O–H groups in total. The average molecular weight is 332 g/mol. The van der Waals surface area contributed by atoms with Crippen LogP contribution in [0.2, 0.25) is 5.02 Å². The van der Waals surface area contributed by atoms with Crippen molar-refractivity contribution in [2.24, 2.45) is 0 Å². The van der Waals surface area contributed by atoms with Gasteiger partial charge in [0, 0.05) is 23.3 Å². The zero-order chi connectivity index (χ0) is 16.8. The Morgan fingerprint density at radius 3 is 1.96 bits per heavy atom. The van der Waals surface area contributed by atoms with Crippen molar-refractivity contribution in [3.8, 4) is 0 Å². The molecule has 0 aromatic heterocycles. The molecule has 2 rings (SSSR count). The van der Waals surface area contributed by atoms with Crippen LogP contribution in [-0.4, -0.2) is 11.9 Å². The van der Waals surface area contributed by atoms with Crippen molar-refractivity contribution in [1.29, 1.82) is 0 Å². The molecule has 0 spiro atoms. The molecular formula is C17H18ClN3O2. The molecule has 2 aromatic rings. The number of nitrogens with one attached hydrogen (secondary N) is 3. The molecule has 2 aromatic carbocycles. The van der Waals surface area contributed by atoms with E-state index in [1.54, 1.807) is 36.4 Å². The molecule has 0 unspecified atom stereocenters. The van der Waals surface area contributed by atoms with Crippen LogP contribution in [0, 0.1) is 0 Å². The minimum absolute atomic E-state index is 0.139. The van der Waals surface area contributed by atoms with E-state index in [2.05, 4.69) is 16.0 Å². The number of urea groups is 1. The zero-order valence-corrected chi connectivity index (χ0v) is 13.6. The predicted molar refractivity (Wildman–Crippen MR) is 92.8 cm³/mol. The Kier molecular flexibility index (Phi) is 5.60. The number of carbonyl (C=O) groups excluding carboxylic acids is 2. The van der Waals surface area contributed by atoms with Gasteiger partial charge in [-0.25, -0.2) is 4.79 Å². The van der Waals surface area contributed by atoms with E-state index in [1.165, 1.54) is 6.92 Å². The lowest BCUT2D eigenvalue weighted by molar-refractivity contribution is -0.114. The van der Waals surface area contributed by atoms with Crippen LogP contribution in [0.25, 0.3) is 0 Å². The third-order valence-corrected chi connectivity index (χ3v) is 3.43. The molecule has 0 heterocycles. The molecule has 0 aliphatic heterocycles. The molecule has 120 valence electrons. The summed E-state index contributed by atoms with van der Waals surface area (Å²) < 4.78 is 0. The normalized spacial score (nSPS) is 11.4. The van der Waals surface area contributed by atoms with E-state index >= 15 is 0 Å². The van der Waals surface area contributed by atoms with Crippen LogP contribution in [-0.2, 0) is 4.79 Å². The molecule has 0 aliphatic rings. The highest BCUT2D eigenvalue weighted by Gasteiger charge is 2.09. The maximum Gasteiger partial charge on any atom is 0.319 e. The first-order valence-corrected chi connectivity index (χ1v) is 7.52. The molecule has 5 nitrogen and oxygen atoms in total. The van der Waals surface area contributed by atoms with Crippen molar-refractivity contribution in [2.75, 3.05) is 10.6 Å². The van der Waals surface area contributed by atoms with Crippen LogP contribution in [0.3, 0.4) is 0 Å². The fourth-order valence-corrected chi connectivity index (χ4v) is 2.16. The van der Waals surface area contributed by atoms with Gasteiger partial charge in [-0.15, -0.1) is 0 Å². The summed E-state index contributed by atoms with van der Waals surface area (Å²) in [5.41, 5.74) is 2.28. The molecule has 23 heavy (non-hydrogen) atoms. The van der Waals surface area contributed by atoms with Gasteiger partial charge in [0.15, 0.2) is 0 Å². The first-order valence-electron chi connectivity index (χ1n) is 7.14. The molecule has 0 saturated heterocycles. The Hall–Kier alpha value is -2.53. The summed E-state index contributed by atoms with van der Waals surface area (Å²) in [7, 11) is 0. The molecule has 1 atom stereocenters. The Morgan fingerprint density at radius 2 is 1.43 bits per heavy atom. The molecule has 0 fully saturated rings. The van der Waals surface area contributed by atoms with Crippen LogP contribution in [0.4, 0.5) is 16.2 Å². The fraction of sp³-hybridized carbons (Fsp3) is 0.176. The van der Waals surface area contributed by atoms with E-state index in [0.29, 0.717) is 16.4 Å². The highest BCUT2D eigenvalue weighted by molar-refractivity contribution is 6.30. The summed E-state index contributed by atoms with van der Waals surface area (Å²) in [6.07, 6.45) is 0. The Labute approximate surface area is 140 Å². The van der Waals surface area contributed by atoms with E-state index < -0.39 is 0 Å². The van der Waals surface area contributed by atoms with Crippen LogP contribution in [0.15, 0.2) is 48.5 Å². The van der Waals surface area contributed by atoms with Gasteiger partial charge in [0.05, 0.1) is 6.04 Å². The minimum atomic E-state index is -0.306. The van der Waals surface area contributed by atoms with Crippen molar-refractivity contribution in [3.05, 3.63) is 59.1 Å². The lowest BCUT2D eigenvalue weighted by Gasteiger charge is -2.15. The van der Waals surface area contributed by atoms with Gasteiger partial charge in [-0.3, -0.25) is 4.79 Å². The molecule has 0 aliphatic carbocycles. The number of hydrogen-bond donors (Lipinski definition) is 3. The van der Waals surface area contributed by atoms with Gasteiger partial charge >= 0.3 is 6.03 Å². The van der Waals surface area contributed by atoms with E-state index in [0.717, 1.165) is 5.56 Å². The zero-order valence-electron chi connectivity index (χ0n) is 12.9. The Balaban J connectivity index is 1.91. The molecule has 0 radical (unpaired) electrons. The SMILES string of the molecule is CC(=O)Nc1ccc(NC(=O)N[C@@H](C)c2ccc(Cl)cc2)cc1. The van der Waals surface area contributed by atoms with Crippen molar-refractivity contribution in [2.45, 2.75) is 19.9 Å². The van der Waals surface area contributed by atoms with Crippen LogP contribution in [0.1, 0.15) is 25.5 Å². The molecular weight excluding hydrogens is 314 g/mol. The summed E-state index contributed by atoms with van der Waals surface area (Å²) >= 11 is 5.85. The summed E-state index contributed by atoms with van der Waals surface area (Å²) in [6.45, 7) is 3.33. The van der Waals surface area contributed by atoms with Gasteiger partial charge in [-0.05, 0) is 48.9 Å². The maximum absolute atomic E-state index is 12.0. The number of anilines is 2. The molecule has 6 heteroatoms. The quantitative estimate of drug-likeness (QED) is 0.786. The summed E-state index contributed by atoms with van der Waals surface area (Å²) in [5.74, 6) is -0.139. The third kappa shape index (κ3) is 5.30. The first kappa shape index (κ1) is 16.8. The fourth-order valence-electron chi connectivity index (χ4n) is 2.04. The lowest BCUT2D eigenvalue weighted by atomic mass is 10.1. The van der Waals surface area contributed by atoms with Crippen molar-refractivity contribution < 1.29 is 9.59 Å². The van der Waals surface area contributed by atoms with Gasteiger partial charge in [0.25, 0.3) is 0 Å². The third-order valence-electron chi connectivity index (χ3n) is 3.18. The van der Waals surface area contributed by atoms with Crippen LogP contribution in [0.5, 0.6) is 0 Å². The first-order chi connectivity index (χ1) is 10.9. The van der Waals surface area contributed by atoms with Crippen molar-refractivity contribution >= 4 is 34.9 Å². The molecule has 0 bridgehead atoms. The van der Waals surface area contributed by atoms with E-state index in [9.17, 15) is 9.59 Å². The van der Waals surface area contributed by atoms with Crippen molar-refractivity contribution in [3.63, 3.8) is 0 Å². The van der Waals surface area contributed by atoms with E-state index in [4.69, 9.17) is 11.6 Å². The summed E-state index contributed by atoms with van der Waals surface area (Å²) in [6, 6.07) is 13.7. The average Bonchev–Trinajstić information content (AvgIpc) is 2.49. The molecule has 3 amide bonds. The number of carbonyl (C=O) groups is 2. The highest BCUT2D eigenvalue weighted by Crippen LogP contribution is 2.17. The number of amides is 3. The largest absolute Gasteiger partial charge is 0.331 e. The van der Waals surface area contributed by atoms with Crippen LogP contribution >= 0.6 is 11.6 Å². The highest BCUT2D eigenvalue weighted by atomic mass is 35.5. The topological polar surface area (TPSA) is 70.2 Å². The monoisotopic (exact) mass is 331 g/mol. The van der Waals surface area contributed by atoms with Crippen LogP contribution < -0.4 is 16.0 Å². The van der Waals surface area contributed by atoms with E-state index in [-0.39, 0.29) is 18.0 Å².